The van der Waals surface area contributed by atoms with Crippen LogP contribution in [0, 0.1) is 11.3 Å². The number of amides is 7. The van der Waals surface area contributed by atoms with Crippen molar-refractivity contribution >= 4 is 41.4 Å². The van der Waals surface area contributed by atoms with Gasteiger partial charge in [0.1, 0.15) is 18.1 Å². The maximum Gasteiger partial charge on any atom is 0.315 e. The van der Waals surface area contributed by atoms with Crippen molar-refractivity contribution in [3.8, 4) is 0 Å². The van der Waals surface area contributed by atoms with Gasteiger partial charge in [0.15, 0.2) is 0 Å². The molecule has 1 aromatic rings. The number of rotatable bonds is 16. The Labute approximate surface area is 346 Å². The van der Waals surface area contributed by atoms with Crippen LogP contribution >= 0.6 is 0 Å². The zero-order valence-electron chi connectivity index (χ0n) is 36.3. The predicted octanol–water partition coefficient (Wildman–Crippen LogP) is 4.92. The third-order valence-corrected chi connectivity index (χ3v) is 11.5. The first-order chi connectivity index (χ1) is 27.4. The summed E-state index contributed by atoms with van der Waals surface area (Å²) in [6, 6.07) is 4.61. The number of hydrogen-bond donors (Lipinski definition) is 5. The molecule has 0 spiro atoms. The van der Waals surface area contributed by atoms with Gasteiger partial charge in [-0.2, -0.15) is 0 Å². The molecule has 4 rings (SSSR count). The first-order valence-corrected chi connectivity index (χ1v) is 21.5. The van der Waals surface area contributed by atoms with Gasteiger partial charge in [-0.15, -0.1) is 0 Å². The number of unbranched alkanes of at least 4 members (excludes halogenated alkanes) is 1. The Balaban J connectivity index is 0.00000215. The molecule has 3 fully saturated rings. The van der Waals surface area contributed by atoms with Crippen LogP contribution < -0.4 is 26.6 Å². The van der Waals surface area contributed by atoms with E-state index in [-0.39, 0.29) is 42.7 Å². The van der Waals surface area contributed by atoms with E-state index < -0.39 is 59.1 Å². The first kappa shape index (κ1) is 47.9. The van der Waals surface area contributed by atoms with Gasteiger partial charge in [-0.3, -0.25) is 28.8 Å². The lowest BCUT2D eigenvalue weighted by atomic mass is 9.80. The summed E-state index contributed by atoms with van der Waals surface area (Å²) in [5.74, 6) is -3.27. The highest BCUT2D eigenvalue weighted by Gasteiger charge is 2.44. The van der Waals surface area contributed by atoms with Crippen LogP contribution in [0.1, 0.15) is 143 Å². The number of benzene rings is 1. The topological polar surface area (TPSA) is 186 Å². The zero-order chi connectivity index (χ0) is 43.0. The van der Waals surface area contributed by atoms with E-state index >= 15 is 0 Å². The molecule has 2 aliphatic carbocycles. The predicted molar refractivity (Wildman–Crippen MR) is 224 cm³/mol. The lowest BCUT2D eigenvalue weighted by Crippen LogP contribution is -2.61. The molecule has 5 N–H and O–H groups in total. The van der Waals surface area contributed by atoms with Crippen LogP contribution in [0.4, 0.5) is 4.79 Å². The second-order valence-corrected chi connectivity index (χ2v) is 17.8. The molecular weight excluding hydrogens is 739 g/mol. The second kappa shape index (κ2) is 22.6. The molecule has 14 heteroatoms. The van der Waals surface area contributed by atoms with E-state index in [0.29, 0.717) is 24.9 Å². The zero-order valence-corrected chi connectivity index (χ0v) is 36.3. The van der Waals surface area contributed by atoms with Crippen LogP contribution in [-0.2, 0) is 28.8 Å². The van der Waals surface area contributed by atoms with Crippen molar-refractivity contribution < 1.29 is 33.6 Å². The van der Waals surface area contributed by atoms with E-state index in [4.69, 9.17) is 0 Å². The van der Waals surface area contributed by atoms with Gasteiger partial charge in [0.25, 0.3) is 5.91 Å². The SMILES string of the molecule is CCCC.CN(C)C(=O)C(NC(=O)CCNC(=O)C(=O)C(CC1CCC1)NC(=O)C1CCCN1C(=O)C(NC(=O)NC1(C)CCCCC1)C(C)(C)C)c1ccccc1. The number of ketones is 1. The van der Waals surface area contributed by atoms with Crippen LogP contribution in [0.15, 0.2) is 30.3 Å². The van der Waals surface area contributed by atoms with E-state index in [1.165, 1.54) is 22.6 Å². The molecule has 58 heavy (non-hydrogen) atoms. The third kappa shape index (κ3) is 14.4. The standard InChI is InChI=1S/C40H61N7O7.C4H10/c1-39(2,3)33(44-38(54)45-40(4)21-11-8-12-22-40)37(53)47-24-14-19-29(47)34(50)42-28(25-26-15-13-16-26)32(49)35(51)41-23-20-30(48)43-31(36(52)46(5)6)27-17-9-7-10-18-27;1-3-4-2/h7,9-10,17-18,26,28-29,31,33H,8,11-16,19-25H2,1-6H3,(H,41,51)(H,42,50)(H,43,48)(H2,44,45,54);3-4H2,1-2H3. The average molecular weight is 810 g/mol. The number of nitrogens with one attached hydrogen (secondary N) is 5. The fourth-order valence-electron chi connectivity index (χ4n) is 7.54. The number of carbonyl (C=O) groups is 7. The van der Waals surface area contributed by atoms with Crippen molar-refractivity contribution in [1.82, 2.24) is 36.4 Å². The molecule has 4 atom stereocenters. The smallest absolute Gasteiger partial charge is 0.315 e. The van der Waals surface area contributed by atoms with Gasteiger partial charge in [-0.05, 0) is 55.9 Å². The van der Waals surface area contributed by atoms with Crippen LogP contribution in [0.5, 0.6) is 0 Å². The van der Waals surface area contributed by atoms with Gasteiger partial charge in [0.05, 0.1) is 6.04 Å². The first-order valence-electron chi connectivity index (χ1n) is 21.5. The van der Waals surface area contributed by atoms with Gasteiger partial charge in [-0.25, -0.2) is 4.79 Å². The number of hydrogen-bond acceptors (Lipinski definition) is 7. The molecule has 0 aromatic heterocycles. The lowest BCUT2D eigenvalue weighted by molar-refractivity contribution is -0.144. The summed E-state index contributed by atoms with van der Waals surface area (Å²) < 4.78 is 0. The molecule has 1 heterocycles. The average Bonchev–Trinajstić information content (AvgIpc) is 3.66. The lowest BCUT2D eigenvalue weighted by Gasteiger charge is -2.38. The van der Waals surface area contributed by atoms with Crippen molar-refractivity contribution in [1.29, 1.82) is 0 Å². The number of urea groups is 1. The van der Waals surface area contributed by atoms with Crippen LogP contribution in [0.25, 0.3) is 0 Å². The number of carbonyl (C=O) groups excluding carboxylic acids is 7. The number of nitrogens with zero attached hydrogens (tertiary/aromatic N) is 2. The summed E-state index contributed by atoms with van der Waals surface area (Å²) in [5, 5.41) is 14.0. The highest BCUT2D eigenvalue weighted by molar-refractivity contribution is 6.38. The van der Waals surface area contributed by atoms with Gasteiger partial charge >= 0.3 is 6.03 Å². The summed E-state index contributed by atoms with van der Waals surface area (Å²) in [4.78, 5) is 96.3. The maximum absolute atomic E-state index is 14.1. The Morgan fingerprint density at radius 3 is 2.03 bits per heavy atom. The van der Waals surface area contributed by atoms with E-state index in [9.17, 15) is 33.6 Å². The normalized spacial score (nSPS) is 19.1. The number of likely N-dealkylation sites (N-methyl/N-ethyl adjacent to an activating group) is 1. The van der Waals surface area contributed by atoms with Crippen molar-refractivity contribution in [2.24, 2.45) is 11.3 Å². The van der Waals surface area contributed by atoms with Gasteiger partial charge in [0, 0.05) is 39.1 Å². The molecule has 14 nitrogen and oxygen atoms in total. The van der Waals surface area contributed by atoms with Crippen molar-refractivity contribution in [2.45, 2.75) is 161 Å². The number of Topliss-reactive ketones (excluding diaryl/α,β-unsaturated/α-hetero) is 1. The van der Waals surface area contributed by atoms with E-state index in [0.717, 1.165) is 51.4 Å². The molecule has 0 radical (unpaired) electrons. The summed E-state index contributed by atoms with van der Waals surface area (Å²) in [6.07, 6.45) is 11.4. The van der Waals surface area contributed by atoms with E-state index in [1.807, 2.05) is 27.7 Å². The molecule has 1 saturated heterocycles. The summed E-state index contributed by atoms with van der Waals surface area (Å²) >= 11 is 0. The monoisotopic (exact) mass is 810 g/mol. The molecule has 0 bridgehead atoms. The summed E-state index contributed by atoms with van der Waals surface area (Å²) in [7, 11) is 3.19. The molecule has 3 aliphatic rings. The fraction of sp³-hybridized carbons (Fsp3) is 0.705. The third-order valence-electron chi connectivity index (χ3n) is 11.5. The Kier molecular flexibility index (Phi) is 18.7. The minimum Gasteiger partial charge on any atom is -0.349 e. The van der Waals surface area contributed by atoms with Crippen molar-refractivity contribution in [3.05, 3.63) is 35.9 Å². The molecule has 324 valence electrons. The summed E-state index contributed by atoms with van der Waals surface area (Å²) in [5.41, 5.74) is -0.392. The minimum atomic E-state index is -1.10. The summed E-state index contributed by atoms with van der Waals surface area (Å²) in [6.45, 7) is 12.1. The Morgan fingerprint density at radius 1 is 0.845 bits per heavy atom. The number of likely N-dealkylation sites (tertiary alicyclic amines) is 1. The maximum atomic E-state index is 14.1. The fourth-order valence-corrected chi connectivity index (χ4v) is 7.54. The largest absolute Gasteiger partial charge is 0.349 e. The molecule has 4 unspecified atom stereocenters. The minimum absolute atomic E-state index is 0.156. The van der Waals surface area contributed by atoms with Gasteiger partial charge in [-0.1, -0.05) is 116 Å². The molecule has 1 aliphatic heterocycles. The van der Waals surface area contributed by atoms with Gasteiger partial charge < -0.3 is 36.4 Å². The van der Waals surface area contributed by atoms with Crippen LogP contribution in [0.2, 0.25) is 0 Å². The van der Waals surface area contributed by atoms with Crippen LogP contribution in [0.3, 0.4) is 0 Å². The van der Waals surface area contributed by atoms with E-state index in [2.05, 4.69) is 40.4 Å². The quantitative estimate of drug-likeness (QED) is 0.147. The van der Waals surface area contributed by atoms with E-state index in [1.54, 1.807) is 44.4 Å². The van der Waals surface area contributed by atoms with Crippen molar-refractivity contribution in [2.75, 3.05) is 27.2 Å². The molecule has 2 saturated carbocycles. The molecule has 1 aromatic carbocycles. The molecule has 7 amide bonds. The highest BCUT2D eigenvalue weighted by atomic mass is 16.2. The highest BCUT2D eigenvalue weighted by Crippen LogP contribution is 2.32. The second-order valence-electron chi connectivity index (χ2n) is 17.8. The van der Waals surface area contributed by atoms with Gasteiger partial charge in [0.2, 0.25) is 29.4 Å². The Hall–Kier alpha value is -4.49. The van der Waals surface area contributed by atoms with Crippen molar-refractivity contribution in [3.63, 3.8) is 0 Å². The van der Waals surface area contributed by atoms with Crippen LogP contribution in [-0.4, -0.2) is 102 Å². The Bertz CT molecular complexity index is 1550. The molecular formula is C44H71N7O7. The Morgan fingerprint density at radius 2 is 1.48 bits per heavy atom.